The van der Waals surface area contributed by atoms with Crippen LogP contribution in [0.2, 0.25) is 0 Å². The number of nitrogens with one attached hydrogen (secondary N) is 1. The Bertz CT molecular complexity index is 382. The van der Waals surface area contributed by atoms with Gasteiger partial charge in [-0.25, -0.2) is 0 Å². The molecule has 0 aromatic heterocycles. The molecular weight excluding hydrogens is 246 g/mol. The van der Waals surface area contributed by atoms with Crippen molar-refractivity contribution < 1.29 is 9.84 Å². The maximum absolute atomic E-state index is 9.53. The third-order valence-electron chi connectivity index (χ3n) is 2.64. The molecule has 0 fully saturated rings. The van der Waals surface area contributed by atoms with E-state index in [0.717, 1.165) is 23.6 Å². The van der Waals surface area contributed by atoms with Crippen LogP contribution in [0, 0.1) is 0 Å². The Morgan fingerprint density at radius 1 is 1.56 bits per heavy atom. The Kier molecular flexibility index (Phi) is 6.68. The maximum Gasteiger partial charge on any atom is 0.160 e. The number of phenolic OH excluding ortho intramolecular Hbond substituents is 1. The number of thioether (sulfide) groups is 1. The van der Waals surface area contributed by atoms with E-state index < -0.39 is 0 Å². The van der Waals surface area contributed by atoms with Gasteiger partial charge in [-0.3, -0.25) is 0 Å². The molecule has 0 amide bonds. The second kappa shape index (κ2) is 8.06. The summed E-state index contributed by atoms with van der Waals surface area (Å²) < 4.78 is 5.10. The smallest absolute Gasteiger partial charge is 0.160 e. The lowest BCUT2D eigenvalue weighted by atomic mass is 10.1. The average molecular weight is 267 g/mol. The molecule has 1 atom stereocenters. The minimum atomic E-state index is 0.176. The lowest BCUT2D eigenvalue weighted by Crippen LogP contribution is -2.21. The van der Waals surface area contributed by atoms with Crippen LogP contribution in [0.5, 0.6) is 11.5 Å². The molecule has 2 N–H and O–H groups in total. The number of benzene rings is 1. The van der Waals surface area contributed by atoms with Crippen molar-refractivity contribution in [3.63, 3.8) is 0 Å². The summed E-state index contributed by atoms with van der Waals surface area (Å²) in [6.45, 7) is 6.74. The number of ether oxygens (including phenoxy) is 1. The molecule has 1 aromatic rings. The lowest BCUT2D eigenvalue weighted by molar-refractivity contribution is 0.372. The molecule has 0 aliphatic carbocycles. The van der Waals surface area contributed by atoms with Crippen molar-refractivity contribution in [3.05, 3.63) is 36.4 Å². The largest absolute Gasteiger partial charge is 0.504 e. The number of hydrogen-bond donors (Lipinski definition) is 2. The zero-order chi connectivity index (χ0) is 13.4. The fourth-order valence-electron chi connectivity index (χ4n) is 1.60. The molecule has 0 heterocycles. The van der Waals surface area contributed by atoms with E-state index in [2.05, 4.69) is 18.8 Å². The molecule has 0 spiro atoms. The first-order chi connectivity index (χ1) is 8.69. The van der Waals surface area contributed by atoms with Crippen LogP contribution in [-0.2, 0) is 0 Å². The summed E-state index contributed by atoms with van der Waals surface area (Å²) in [6, 6.07) is 5.68. The zero-order valence-electron chi connectivity index (χ0n) is 11.0. The highest BCUT2D eigenvalue weighted by Crippen LogP contribution is 2.28. The van der Waals surface area contributed by atoms with Crippen LogP contribution in [-0.4, -0.2) is 30.3 Å². The molecule has 0 bridgehead atoms. The van der Waals surface area contributed by atoms with Crippen LogP contribution in [0.3, 0.4) is 0 Å². The Morgan fingerprint density at radius 2 is 2.33 bits per heavy atom. The number of phenols is 1. The van der Waals surface area contributed by atoms with Gasteiger partial charge in [-0.1, -0.05) is 12.1 Å². The Hall–Kier alpha value is -1.13. The van der Waals surface area contributed by atoms with E-state index in [-0.39, 0.29) is 11.8 Å². The van der Waals surface area contributed by atoms with Crippen molar-refractivity contribution >= 4 is 11.8 Å². The van der Waals surface area contributed by atoms with E-state index in [1.165, 1.54) is 0 Å². The summed E-state index contributed by atoms with van der Waals surface area (Å²) in [7, 11) is 1.56. The molecule has 0 aliphatic heterocycles. The normalized spacial score (nSPS) is 12.1. The van der Waals surface area contributed by atoms with Gasteiger partial charge in [-0.15, -0.1) is 6.58 Å². The van der Waals surface area contributed by atoms with Crippen molar-refractivity contribution in [3.8, 4) is 11.5 Å². The third-order valence-corrected chi connectivity index (χ3v) is 3.60. The van der Waals surface area contributed by atoms with Crippen LogP contribution in [0.15, 0.2) is 30.9 Å². The van der Waals surface area contributed by atoms with Gasteiger partial charge in [0.05, 0.1) is 7.11 Å². The summed E-state index contributed by atoms with van der Waals surface area (Å²) in [4.78, 5) is 0. The quantitative estimate of drug-likeness (QED) is 0.561. The third kappa shape index (κ3) is 4.63. The first-order valence-electron chi connectivity index (χ1n) is 5.98. The van der Waals surface area contributed by atoms with Crippen molar-refractivity contribution in [2.75, 3.05) is 25.2 Å². The van der Waals surface area contributed by atoms with Gasteiger partial charge in [0.25, 0.3) is 0 Å². The highest BCUT2D eigenvalue weighted by molar-refractivity contribution is 7.99. The van der Waals surface area contributed by atoms with Gasteiger partial charge in [-0.05, 0) is 24.6 Å². The summed E-state index contributed by atoms with van der Waals surface area (Å²) in [5.74, 6) is 2.74. The first kappa shape index (κ1) is 14.9. The predicted molar refractivity (Wildman–Crippen MR) is 78.6 cm³/mol. The van der Waals surface area contributed by atoms with Gasteiger partial charge in [-0.2, -0.15) is 11.8 Å². The fourth-order valence-corrected chi connectivity index (χ4v) is 2.19. The van der Waals surface area contributed by atoms with Crippen molar-refractivity contribution in [2.24, 2.45) is 0 Å². The van der Waals surface area contributed by atoms with Crippen LogP contribution in [0.1, 0.15) is 18.5 Å². The van der Waals surface area contributed by atoms with E-state index in [1.807, 2.05) is 30.0 Å². The minimum Gasteiger partial charge on any atom is -0.504 e. The van der Waals surface area contributed by atoms with Crippen LogP contribution < -0.4 is 10.1 Å². The highest BCUT2D eigenvalue weighted by Gasteiger charge is 2.08. The molecular formula is C14H21NO2S. The summed E-state index contributed by atoms with van der Waals surface area (Å²) >= 11 is 1.86. The molecule has 18 heavy (non-hydrogen) atoms. The monoisotopic (exact) mass is 267 g/mol. The van der Waals surface area contributed by atoms with Gasteiger partial charge < -0.3 is 15.2 Å². The van der Waals surface area contributed by atoms with E-state index in [1.54, 1.807) is 13.2 Å². The lowest BCUT2D eigenvalue weighted by Gasteiger charge is -2.15. The van der Waals surface area contributed by atoms with Gasteiger partial charge in [0.2, 0.25) is 0 Å². The summed E-state index contributed by atoms with van der Waals surface area (Å²) in [5, 5.41) is 13.0. The van der Waals surface area contributed by atoms with Crippen LogP contribution in [0.4, 0.5) is 0 Å². The standard InChI is InChI=1S/C14H21NO2S/c1-4-8-18-9-7-15-11(2)12-5-6-13(16)14(10-12)17-3/h4-6,10-11,15-16H,1,7-9H2,2-3H3. The zero-order valence-corrected chi connectivity index (χ0v) is 11.8. The van der Waals surface area contributed by atoms with Crippen molar-refractivity contribution in [1.82, 2.24) is 5.32 Å². The second-order valence-electron chi connectivity index (χ2n) is 3.97. The average Bonchev–Trinajstić information content (AvgIpc) is 2.38. The van der Waals surface area contributed by atoms with Crippen molar-refractivity contribution in [1.29, 1.82) is 0 Å². The minimum absolute atomic E-state index is 0.176. The van der Waals surface area contributed by atoms with Crippen LogP contribution >= 0.6 is 11.8 Å². The predicted octanol–water partition coefficient (Wildman–Crippen LogP) is 2.97. The highest BCUT2D eigenvalue weighted by atomic mass is 32.2. The molecule has 1 aromatic carbocycles. The van der Waals surface area contributed by atoms with Gasteiger partial charge >= 0.3 is 0 Å². The second-order valence-corrected chi connectivity index (χ2v) is 5.12. The van der Waals surface area contributed by atoms with Gasteiger partial charge in [0, 0.05) is 24.1 Å². The fraction of sp³-hybridized carbons (Fsp3) is 0.429. The molecule has 0 saturated heterocycles. The molecule has 100 valence electrons. The van der Waals surface area contributed by atoms with E-state index >= 15 is 0 Å². The molecule has 0 aliphatic rings. The molecule has 4 heteroatoms. The van der Waals surface area contributed by atoms with E-state index in [9.17, 15) is 5.11 Å². The maximum atomic E-state index is 9.53. The van der Waals surface area contributed by atoms with Crippen molar-refractivity contribution in [2.45, 2.75) is 13.0 Å². The SMILES string of the molecule is C=CCSCCNC(C)c1ccc(O)c(OC)c1. The van der Waals surface area contributed by atoms with Crippen LogP contribution in [0.25, 0.3) is 0 Å². The first-order valence-corrected chi connectivity index (χ1v) is 7.13. The molecule has 1 unspecified atom stereocenters. The molecule has 3 nitrogen and oxygen atoms in total. The number of hydrogen-bond acceptors (Lipinski definition) is 4. The number of aromatic hydroxyl groups is 1. The number of methoxy groups -OCH3 is 1. The van der Waals surface area contributed by atoms with E-state index in [4.69, 9.17) is 4.74 Å². The Labute approximate surface area is 113 Å². The molecule has 0 radical (unpaired) electrons. The summed E-state index contributed by atoms with van der Waals surface area (Å²) in [6.07, 6.45) is 1.92. The summed E-state index contributed by atoms with van der Waals surface area (Å²) in [5.41, 5.74) is 1.11. The van der Waals surface area contributed by atoms with Gasteiger partial charge in [0.1, 0.15) is 0 Å². The number of rotatable bonds is 8. The van der Waals surface area contributed by atoms with Gasteiger partial charge in [0.15, 0.2) is 11.5 Å². The topological polar surface area (TPSA) is 41.5 Å². The van der Waals surface area contributed by atoms with E-state index in [0.29, 0.717) is 5.75 Å². The Morgan fingerprint density at radius 3 is 3.00 bits per heavy atom. The molecule has 1 rings (SSSR count). The molecule has 0 saturated carbocycles. The Balaban J connectivity index is 2.45.